The summed E-state index contributed by atoms with van der Waals surface area (Å²) in [6.07, 6.45) is 15.3. The maximum absolute atomic E-state index is 9.56. The fourth-order valence-electron chi connectivity index (χ4n) is 8.75. The molecule has 5 saturated carbocycles. The average Bonchev–Trinajstić information content (AvgIpc) is 2.77. The molecule has 0 spiro atoms. The largest absolute Gasteiger partial charge is 0.396 e. The minimum atomic E-state index is 0.408. The fraction of sp³-hybridized carbons (Fsp3) is 1.00. The van der Waals surface area contributed by atoms with Crippen LogP contribution in [0, 0.1) is 59.2 Å². The van der Waals surface area contributed by atoms with E-state index in [-0.39, 0.29) is 0 Å². The quantitative estimate of drug-likeness (QED) is 0.743. The van der Waals surface area contributed by atoms with Crippen molar-refractivity contribution in [3.8, 4) is 0 Å². The average molecular weight is 326 g/mol. The normalized spacial score (nSPS) is 55.2. The number of fused-ring (bicyclic) bond motifs is 8. The van der Waals surface area contributed by atoms with Gasteiger partial charge < -0.3 is 5.11 Å². The summed E-state index contributed by atoms with van der Waals surface area (Å²) < 4.78 is 0. The Morgan fingerprint density at radius 1 is 0.708 bits per heavy atom. The number of aliphatic hydroxyl groups is 1. The molecule has 10 unspecified atom stereocenters. The lowest BCUT2D eigenvalue weighted by atomic mass is 9.46. The van der Waals surface area contributed by atoms with Gasteiger partial charge in [-0.05, 0) is 117 Å². The second-order valence-corrected chi connectivity index (χ2v) is 10.3. The van der Waals surface area contributed by atoms with E-state index >= 15 is 0 Å². The van der Waals surface area contributed by atoms with Gasteiger partial charge in [0.1, 0.15) is 0 Å². The Balaban J connectivity index is 1.47. The van der Waals surface area contributed by atoms with Gasteiger partial charge in [0.15, 0.2) is 0 Å². The Morgan fingerprint density at radius 3 is 1.96 bits per heavy atom. The summed E-state index contributed by atoms with van der Waals surface area (Å²) in [5.74, 6) is 10.0. The minimum Gasteiger partial charge on any atom is -0.396 e. The minimum absolute atomic E-state index is 0.408. The molecular weight excluding hydrogens is 291 g/mol. The highest BCUT2D eigenvalue weighted by Crippen LogP contribution is 2.68. The van der Waals surface area contributed by atoms with Gasteiger partial charge in [0.25, 0.3) is 0 Å². The van der Waals surface area contributed by atoms with Crippen LogP contribution in [-0.4, -0.2) is 19.6 Å². The molecule has 6 bridgehead atoms. The SMILES string of the molecule is [B]CCC1CC2CC3C4CC(CC4C13)C1CCC2CC(CCO)C1. The van der Waals surface area contributed by atoms with Crippen molar-refractivity contribution in [3.05, 3.63) is 0 Å². The van der Waals surface area contributed by atoms with Crippen LogP contribution in [0.4, 0.5) is 0 Å². The lowest BCUT2D eigenvalue weighted by Crippen LogP contribution is -2.52. The molecule has 0 saturated heterocycles. The first-order valence-electron chi connectivity index (χ1n) is 11.1. The molecule has 2 radical (unpaired) electrons. The van der Waals surface area contributed by atoms with Crippen LogP contribution in [0.3, 0.4) is 0 Å². The Bertz CT molecular complexity index is 465. The van der Waals surface area contributed by atoms with Crippen LogP contribution in [0.5, 0.6) is 0 Å². The van der Waals surface area contributed by atoms with Crippen LogP contribution in [0.1, 0.15) is 64.2 Å². The molecule has 1 N–H and O–H groups in total. The van der Waals surface area contributed by atoms with Gasteiger partial charge in [-0.1, -0.05) is 12.7 Å². The zero-order valence-corrected chi connectivity index (χ0v) is 15.3. The molecule has 0 aromatic carbocycles. The van der Waals surface area contributed by atoms with Gasteiger partial charge in [0.05, 0.1) is 7.85 Å². The summed E-state index contributed by atoms with van der Waals surface area (Å²) in [7, 11) is 6.02. The molecule has 0 aromatic rings. The number of hydrogen-bond acceptors (Lipinski definition) is 1. The molecule has 0 amide bonds. The Kier molecular flexibility index (Phi) is 4.27. The monoisotopic (exact) mass is 326 g/mol. The third kappa shape index (κ3) is 2.45. The highest BCUT2D eigenvalue weighted by molar-refractivity contribution is 6.08. The van der Waals surface area contributed by atoms with Crippen LogP contribution in [0.2, 0.25) is 6.32 Å². The maximum atomic E-state index is 9.56. The first-order chi connectivity index (χ1) is 11.8. The molecule has 5 aliphatic rings. The van der Waals surface area contributed by atoms with Crippen molar-refractivity contribution in [2.45, 2.75) is 70.5 Å². The predicted molar refractivity (Wildman–Crippen MR) is 98.7 cm³/mol. The zero-order valence-electron chi connectivity index (χ0n) is 15.3. The molecule has 132 valence electrons. The fourth-order valence-corrected chi connectivity index (χ4v) is 8.75. The van der Waals surface area contributed by atoms with E-state index in [1.807, 2.05) is 0 Å². The Hall–Kier alpha value is 0.0249. The van der Waals surface area contributed by atoms with Gasteiger partial charge in [-0.3, -0.25) is 0 Å². The standard InChI is InChI=1S/C22H35BO/c23-5-3-16-9-17-11-20-19-10-18(12-21(19)22(16)20)15-2-1-14(17)7-13(8-15)4-6-24/h13-22,24H,1-12H2. The van der Waals surface area contributed by atoms with Crippen LogP contribution in [0.25, 0.3) is 0 Å². The molecule has 10 atom stereocenters. The molecule has 2 heteroatoms. The third-order valence-corrected chi connectivity index (χ3v) is 9.55. The van der Waals surface area contributed by atoms with Crippen molar-refractivity contribution in [1.82, 2.24) is 0 Å². The number of aliphatic hydroxyl groups excluding tert-OH is 1. The van der Waals surface area contributed by atoms with Crippen molar-refractivity contribution in [3.63, 3.8) is 0 Å². The summed E-state index contributed by atoms with van der Waals surface area (Å²) in [6.45, 7) is 0.408. The van der Waals surface area contributed by atoms with E-state index in [9.17, 15) is 5.11 Å². The van der Waals surface area contributed by atoms with E-state index in [1.54, 1.807) is 19.3 Å². The second kappa shape index (κ2) is 6.32. The van der Waals surface area contributed by atoms with E-state index in [4.69, 9.17) is 7.85 Å². The van der Waals surface area contributed by atoms with Crippen molar-refractivity contribution >= 4 is 7.85 Å². The Labute approximate surface area is 149 Å². The lowest BCUT2D eigenvalue weighted by molar-refractivity contribution is -0.0996. The van der Waals surface area contributed by atoms with Crippen LogP contribution >= 0.6 is 0 Å². The van der Waals surface area contributed by atoms with Gasteiger partial charge >= 0.3 is 0 Å². The van der Waals surface area contributed by atoms with Crippen molar-refractivity contribution in [1.29, 1.82) is 0 Å². The summed E-state index contributed by atoms with van der Waals surface area (Å²) in [5.41, 5.74) is 0. The lowest BCUT2D eigenvalue weighted by Gasteiger charge is -2.59. The molecular formula is C22H35BO. The van der Waals surface area contributed by atoms with Crippen LogP contribution < -0.4 is 0 Å². The van der Waals surface area contributed by atoms with E-state index in [0.29, 0.717) is 6.61 Å². The first-order valence-corrected chi connectivity index (χ1v) is 11.1. The molecule has 5 rings (SSSR count). The smallest absolute Gasteiger partial charge is 0.0653 e. The van der Waals surface area contributed by atoms with E-state index < -0.39 is 0 Å². The van der Waals surface area contributed by atoms with Gasteiger partial charge in [-0.25, -0.2) is 0 Å². The van der Waals surface area contributed by atoms with E-state index in [0.717, 1.165) is 71.9 Å². The highest BCUT2D eigenvalue weighted by atomic mass is 16.3. The first kappa shape index (κ1) is 16.2. The molecule has 5 fully saturated rings. The molecule has 5 aliphatic carbocycles. The van der Waals surface area contributed by atoms with E-state index in [1.165, 1.54) is 38.5 Å². The topological polar surface area (TPSA) is 20.2 Å². The maximum Gasteiger partial charge on any atom is 0.0653 e. The molecule has 0 aromatic heterocycles. The number of rotatable bonds is 4. The van der Waals surface area contributed by atoms with Crippen molar-refractivity contribution in [2.24, 2.45) is 59.2 Å². The van der Waals surface area contributed by atoms with Crippen molar-refractivity contribution < 1.29 is 5.11 Å². The van der Waals surface area contributed by atoms with Crippen molar-refractivity contribution in [2.75, 3.05) is 6.61 Å². The summed E-state index contributed by atoms with van der Waals surface area (Å²) in [6, 6.07) is 0. The van der Waals surface area contributed by atoms with Crippen LogP contribution in [-0.2, 0) is 0 Å². The predicted octanol–water partition coefficient (Wildman–Crippen LogP) is 4.70. The molecule has 0 heterocycles. The van der Waals surface area contributed by atoms with E-state index in [2.05, 4.69) is 0 Å². The number of hydrogen-bond donors (Lipinski definition) is 1. The third-order valence-electron chi connectivity index (χ3n) is 9.55. The molecule has 24 heavy (non-hydrogen) atoms. The van der Waals surface area contributed by atoms with Crippen LogP contribution in [0.15, 0.2) is 0 Å². The second-order valence-electron chi connectivity index (χ2n) is 10.3. The molecule has 1 nitrogen and oxygen atoms in total. The Morgan fingerprint density at radius 2 is 1.33 bits per heavy atom. The highest BCUT2D eigenvalue weighted by Gasteiger charge is 2.60. The van der Waals surface area contributed by atoms with Gasteiger partial charge in [-0.2, -0.15) is 0 Å². The summed E-state index contributed by atoms with van der Waals surface area (Å²) in [4.78, 5) is 0. The summed E-state index contributed by atoms with van der Waals surface area (Å²) in [5, 5.41) is 9.56. The molecule has 0 aliphatic heterocycles. The zero-order chi connectivity index (χ0) is 16.3. The van der Waals surface area contributed by atoms with Gasteiger partial charge in [0, 0.05) is 6.61 Å². The van der Waals surface area contributed by atoms with Gasteiger partial charge in [0.2, 0.25) is 0 Å². The summed E-state index contributed by atoms with van der Waals surface area (Å²) >= 11 is 0. The van der Waals surface area contributed by atoms with Gasteiger partial charge in [-0.15, -0.1) is 0 Å².